The van der Waals surface area contributed by atoms with Gasteiger partial charge in [0.05, 0.1) is 13.2 Å². The van der Waals surface area contributed by atoms with Crippen molar-refractivity contribution in [1.29, 1.82) is 0 Å². The van der Waals surface area contributed by atoms with Crippen molar-refractivity contribution in [2.75, 3.05) is 19.8 Å². The molecule has 0 aliphatic heterocycles. The standard InChI is InChI=1S/C11H18O4/c1-4-6-10(3)11(12)15-14-9-8-13-7-5-2/h5-6H,2,4,7-9H2,1,3H3. The minimum absolute atomic E-state index is 0.221. The zero-order valence-electron chi connectivity index (χ0n) is 9.32. The van der Waals surface area contributed by atoms with E-state index in [1.165, 1.54) is 0 Å². The van der Waals surface area contributed by atoms with Crippen LogP contribution in [0.2, 0.25) is 0 Å². The van der Waals surface area contributed by atoms with Gasteiger partial charge < -0.3 is 4.74 Å². The summed E-state index contributed by atoms with van der Waals surface area (Å²) in [6, 6.07) is 0. The largest absolute Gasteiger partial charge is 0.375 e. The molecule has 0 radical (unpaired) electrons. The van der Waals surface area contributed by atoms with Crippen LogP contribution in [-0.4, -0.2) is 25.8 Å². The van der Waals surface area contributed by atoms with Crippen LogP contribution in [0.5, 0.6) is 0 Å². The van der Waals surface area contributed by atoms with E-state index < -0.39 is 5.97 Å². The minimum Gasteiger partial charge on any atom is -0.375 e. The van der Waals surface area contributed by atoms with Gasteiger partial charge in [0.2, 0.25) is 0 Å². The van der Waals surface area contributed by atoms with Crippen LogP contribution in [0, 0.1) is 0 Å². The maximum absolute atomic E-state index is 11.1. The average molecular weight is 214 g/mol. The van der Waals surface area contributed by atoms with E-state index in [1.807, 2.05) is 6.92 Å². The molecule has 0 rings (SSSR count). The molecule has 0 aliphatic rings. The van der Waals surface area contributed by atoms with Crippen LogP contribution in [0.3, 0.4) is 0 Å². The van der Waals surface area contributed by atoms with Crippen molar-refractivity contribution in [3.05, 3.63) is 24.3 Å². The molecule has 0 N–H and O–H groups in total. The summed E-state index contributed by atoms with van der Waals surface area (Å²) in [6.45, 7) is 8.18. The molecule has 0 atom stereocenters. The molecule has 0 amide bonds. The molecule has 0 heterocycles. The summed E-state index contributed by atoms with van der Waals surface area (Å²) >= 11 is 0. The van der Waals surface area contributed by atoms with E-state index in [-0.39, 0.29) is 6.61 Å². The molecule has 0 saturated heterocycles. The summed E-state index contributed by atoms with van der Waals surface area (Å²) in [5.41, 5.74) is 0.546. The van der Waals surface area contributed by atoms with Crippen molar-refractivity contribution in [2.24, 2.45) is 0 Å². The van der Waals surface area contributed by atoms with Gasteiger partial charge in [-0.3, -0.25) is 4.89 Å². The zero-order chi connectivity index (χ0) is 11.5. The lowest BCUT2D eigenvalue weighted by Gasteiger charge is -2.03. The van der Waals surface area contributed by atoms with E-state index in [0.29, 0.717) is 18.8 Å². The highest BCUT2D eigenvalue weighted by Crippen LogP contribution is 1.98. The number of allylic oxidation sites excluding steroid dienone is 1. The molecule has 0 saturated carbocycles. The van der Waals surface area contributed by atoms with Gasteiger partial charge >= 0.3 is 5.97 Å². The van der Waals surface area contributed by atoms with E-state index in [9.17, 15) is 4.79 Å². The van der Waals surface area contributed by atoms with Gasteiger partial charge in [-0.25, -0.2) is 4.79 Å². The first-order chi connectivity index (χ1) is 7.22. The Balaban J connectivity index is 3.47. The topological polar surface area (TPSA) is 44.8 Å². The lowest BCUT2D eigenvalue weighted by Crippen LogP contribution is -2.10. The third-order valence-electron chi connectivity index (χ3n) is 1.51. The maximum atomic E-state index is 11.1. The van der Waals surface area contributed by atoms with E-state index in [4.69, 9.17) is 4.74 Å². The molecule has 0 aromatic carbocycles. The molecule has 0 spiro atoms. The second-order valence-corrected chi connectivity index (χ2v) is 2.85. The summed E-state index contributed by atoms with van der Waals surface area (Å²) in [4.78, 5) is 20.3. The second-order valence-electron chi connectivity index (χ2n) is 2.85. The van der Waals surface area contributed by atoms with E-state index in [1.54, 1.807) is 19.1 Å². The molecular formula is C11H18O4. The second kappa shape index (κ2) is 9.43. The molecule has 86 valence electrons. The molecule has 4 nitrogen and oxygen atoms in total. The molecule has 0 unspecified atom stereocenters. The normalized spacial score (nSPS) is 11.2. The maximum Gasteiger partial charge on any atom is 0.368 e. The zero-order valence-corrected chi connectivity index (χ0v) is 9.32. The van der Waals surface area contributed by atoms with Crippen LogP contribution in [0.1, 0.15) is 20.3 Å². The molecule has 15 heavy (non-hydrogen) atoms. The molecule has 0 fully saturated rings. The predicted octanol–water partition coefficient (Wildman–Crippen LogP) is 2.02. The van der Waals surface area contributed by atoms with Crippen LogP contribution in [0.4, 0.5) is 0 Å². The lowest BCUT2D eigenvalue weighted by atomic mass is 10.2. The van der Waals surface area contributed by atoms with E-state index in [0.717, 1.165) is 6.42 Å². The third kappa shape index (κ3) is 7.90. The van der Waals surface area contributed by atoms with Crippen molar-refractivity contribution in [1.82, 2.24) is 0 Å². The highest BCUT2D eigenvalue weighted by molar-refractivity contribution is 5.87. The van der Waals surface area contributed by atoms with E-state index in [2.05, 4.69) is 16.4 Å². The fourth-order valence-electron chi connectivity index (χ4n) is 0.810. The fourth-order valence-corrected chi connectivity index (χ4v) is 0.810. The Morgan fingerprint density at radius 3 is 2.73 bits per heavy atom. The number of rotatable bonds is 8. The van der Waals surface area contributed by atoms with Gasteiger partial charge in [0, 0.05) is 5.57 Å². The van der Waals surface area contributed by atoms with Crippen molar-refractivity contribution < 1.29 is 19.3 Å². The minimum atomic E-state index is -0.458. The van der Waals surface area contributed by atoms with Gasteiger partial charge in [-0.15, -0.1) is 6.58 Å². The molecule has 4 heteroatoms. The van der Waals surface area contributed by atoms with Crippen LogP contribution in [0.25, 0.3) is 0 Å². The van der Waals surface area contributed by atoms with Crippen LogP contribution in [0.15, 0.2) is 24.3 Å². The Morgan fingerprint density at radius 2 is 2.13 bits per heavy atom. The Hall–Kier alpha value is -1.13. The molecule has 0 aromatic heterocycles. The quantitative estimate of drug-likeness (QED) is 0.204. The van der Waals surface area contributed by atoms with Gasteiger partial charge in [-0.2, -0.15) is 4.89 Å². The highest BCUT2D eigenvalue weighted by Gasteiger charge is 2.05. The summed E-state index contributed by atoms with van der Waals surface area (Å²) in [5, 5.41) is 0. The van der Waals surface area contributed by atoms with Gasteiger partial charge in [-0.05, 0) is 13.3 Å². The van der Waals surface area contributed by atoms with Crippen LogP contribution in [-0.2, 0) is 19.3 Å². The van der Waals surface area contributed by atoms with Crippen molar-refractivity contribution in [3.63, 3.8) is 0 Å². The molecule has 0 aromatic rings. The van der Waals surface area contributed by atoms with Crippen LogP contribution >= 0.6 is 0 Å². The smallest absolute Gasteiger partial charge is 0.368 e. The van der Waals surface area contributed by atoms with E-state index >= 15 is 0 Å². The molecule has 0 aliphatic carbocycles. The number of ether oxygens (including phenoxy) is 1. The van der Waals surface area contributed by atoms with Gasteiger partial charge in [0.1, 0.15) is 6.61 Å². The summed E-state index contributed by atoms with van der Waals surface area (Å²) in [7, 11) is 0. The van der Waals surface area contributed by atoms with Gasteiger partial charge in [0.15, 0.2) is 0 Å². The van der Waals surface area contributed by atoms with Crippen LogP contribution < -0.4 is 0 Å². The Bertz CT molecular complexity index is 221. The number of hydrogen-bond acceptors (Lipinski definition) is 4. The highest BCUT2D eigenvalue weighted by atomic mass is 17.2. The monoisotopic (exact) mass is 214 g/mol. The van der Waals surface area contributed by atoms with Crippen molar-refractivity contribution in [2.45, 2.75) is 20.3 Å². The SMILES string of the molecule is C=CCOCCOOC(=O)C(C)=CCC. The summed E-state index contributed by atoms with van der Waals surface area (Å²) < 4.78 is 5.02. The first-order valence-corrected chi connectivity index (χ1v) is 4.91. The first kappa shape index (κ1) is 13.9. The van der Waals surface area contributed by atoms with Crippen molar-refractivity contribution >= 4 is 5.97 Å². The van der Waals surface area contributed by atoms with Gasteiger partial charge in [-0.1, -0.05) is 19.1 Å². The van der Waals surface area contributed by atoms with Crippen molar-refractivity contribution in [3.8, 4) is 0 Å². The fraction of sp³-hybridized carbons (Fsp3) is 0.545. The Labute approximate surface area is 90.4 Å². The summed E-state index contributed by atoms with van der Waals surface area (Å²) in [5.74, 6) is -0.458. The first-order valence-electron chi connectivity index (χ1n) is 4.91. The molecule has 0 bridgehead atoms. The molecular weight excluding hydrogens is 196 g/mol. The number of carbonyl (C=O) groups excluding carboxylic acids is 1. The number of hydrogen-bond donors (Lipinski definition) is 0. The Morgan fingerprint density at radius 1 is 1.40 bits per heavy atom. The Kier molecular flexibility index (Phi) is 8.72. The third-order valence-corrected chi connectivity index (χ3v) is 1.51. The van der Waals surface area contributed by atoms with Gasteiger partial charge in [0.25, 0.3) is 0 Å². The summed E-state index contributed by atoms with van der Waals surface area (Å²) in [6.07, 6.45) is 4.21. The predicted molar refractivity (Wildman–Crippen MR) is 57.1 cm³/mol. The number of carbonyl (C=O) groups is 1. The lowest BCUT2D eigenvalue weighted by molar-refractivity contribution is -0.272. The average Bonchev–Trinajstić information content (AvgIpc) is 2.23.